The molecule has 31 heavy (non-hydrogen) atoms. The Morgan fingerprint density at radius 2 is 1.55 bits per heavy atom. The Labute approximate surface area is 194 Å². The summed E-state index contributed by atoms with van der Waals surface area (Å²) in [6, 6.07) is 0. The first-order valence-electron chi connectivity index (χ1n) is 14.1. The van der Waals surface area contributed by atoms with Crippen molar-refractivity contribution in [2.24, 2.45) is 57.2 Å². The van der Waals surface area contributed by atoms with Crippen molar-refractivity contribution in [3.05, 3.63) is 0 Å². The average molecular weight is 431 g/mol. The van der Waals surface area contributed by atoms with Crippen LogP contribution < -0.4 is 0 Å². The smallest absolute Gasteiger partial charge is 0.0495 e. The van der Waals surface area contributed by atoms with E-state index in [0.717, 1.165) is 35.5 Å². The third kappa shape index (κ3) is 3.57. The molecule has 4 saturated carbocycles. The van der Waals surface area contributed by atoms with Crippen molar-refractivity contribution in [3.8, 4) is 0 Å². The molecule has 4 fully saturated rings. The van der Waals surface area contributed by atoms with Crippen molar-refractivity contribution in [3.63, 3.8) is 0 Å². The van der Waals surface area contributed by atoms with E-state index in [1.54, 1.807) is 0 Å². The molecule has 0 aliphatic heterocycles. The summed E-state index contributed by atoms with van der Waals surface area (Å²) in [6.45, 7) is 18.2. The standard InChI is InChI=1S/C30H54O/c1-21(2)10-8-11-22(3)23-15-19-30(20-31)25-12-13-26-27(4,5)16-9-17-28(26,6)24(25)14-18-29(23,30)7/h21-26,31H,8-20H2,1-7H3/t22-,23-,24+,25-,26+,28-,29-,30-/m1/s1. The van der Waals surface area contributed by atoms with Gasteiger partial charge in [-0.2, -0.15) is 0 Å². The average Bonchev–Trinajstić information content (AvgIpc) is 3.00. The first-order valence-corrected chi connectivity index (χ1v) is 14.1. The fourth-order valence-electron chi connectivity index (χ4n) is 10.8. The van der Waals surface area contributed by atoms with Gasteiger partial charge in [0.15, 0.2) is 0 Å². The zero-order chi connectivity index (χ0) is 22.7. The molecule has 0 spiro atoms. The van der Waals surface area contributed by atoms with E-state index in [4.69, 9.17) is 0 Å². The van der Waals surface area contributed by atoms with Gasteiger partial charge in [-0.05, 0) is 103 Å². The molecule has 4 aliphatic rings. The number of fused-ring (bicyclic) bond motifs is 5. The molecular weight excluding hydrogens is 376 g/mol. The maximum atomic E-state index is 11.1. The van der Waals surface area contributed by atoms with Gasteiger partial charge in [-0.3, -0.25) is 0 Å². The lowest BCUT2D eigenvalue weighted by Crippen LogP contribution is -2.61. The minimum Gasteiger partial charge on any atom is -0.396 e. The number of aliphatic hydroxyl groups is 1. The molecule has 180 valence electrons. The largest absolute Gasteiger partial charge is 0.396 e. The van der Waals surface area contributed by atoms with E-state index in [9.17, 15) is 5.11 Å². The van der Waals surface area contributed by atoms with Crippen LogP contribution in [-0.2, 0) is 0 Å². The van der Waals surface area contributed by atoms with Gasteiger partial charge in [-0.25, -0.2) is 0 Å². The van der Waals surface area contributed by atoms with Crippen molar-refractivity contribution in [1.82, 2.24) is 0 Å². The highest BCUT2D eigenvalue weighted by Crippen LogP contribution is 2.74. The first kappa shape index (κ1) is 24.1. The molecular formula is C30H54O. The molecule has 0 aromatic rings. The van der Waals surface area contributed by atoms with Gasteiger partial charge in [0.2, 0.25) is 0 Å². The molecule has 0 radical (unpaired) electrons. The monoisotopic (exact) mass is 430 g/mol. The fraction of sp³-hybridized carbons (Fsp3) is 1.00. The summed E-state index contributed by atoms with van der Waals surface area (Å²) in [6.07, 6.45) is 16.7. The number of rotatable bonds is 6. The second-order valence-electron chi connectivity index (χ2n) is 14.4. The minimum atomic E-state index is 0.197. The second-order valence-corrected chi connectivity index (χ2v) is 14.4. The number of hydrogen-bond donors (Lipinski definition) is 1. The zero-order valence-corrected chi connectivity index (χ0v) is 22.1. The lowest BCUT2D eigenvalue weighted by atomic mass is 9.38. The van der Waals surface area contributed by atoms with Gasteiger partial charge in [0, 0.05) is 12.0 Å². The molecule has 0 amide bonds. The third-order valence-corrected chi connectivity index (χ3v) is 12.3. The molecule has 1 N–H and O–H groups in total. The molecule has 1 heteroatoms. The van der Waals surface area contributed by atoms with E-state index >= 15 is 0 Å². The van der Waals surface area contributed by atoms with E-state index < -0.39 is 0 Å². The minimum absolute atomic E-state index is 0.197. The van der Waals surface area contributed by atoms with Crippen LogP contribution in [-0.4, -0.2) is 11.7 Å². The molecule has 0 aromatic heterocycles. The lowest BCUT2D eigenvalue weighted by molar-refractivity contribution is -0.196. The third-order valence-electron chi connectivity index (χ3n) is 12.3. The predicted octanol–water partition coefficient (Wildman–Crippen LogP) is 8.50. The van der Waals surface area contributed by atoms with Gasteiger partial charge in [-0.15, -0.1) is 0 Å². The van der Waals surface area contributed by atoms with Crippen molar-refractivity contribution in [2.45, 2.75) is 126 Å². The van der Waals surface area contributed by atoms with E-state index in [-0.39, 0.29) is 5.41 Å². The highest BCUT2D eigenvalue weighted by Gasteiger charge is 2.68. The topological polar surface area (TPSA) is 20.2 Å². The van der Waals surface area contributed by atoms with Gasteiger partial charge >= 0.3 is 0 Å². The van der Waals surface area contributed by atoms with Crippen molar-refractivity contribution in [2.75, 3.05) is 6.61 Å². The summed E-state index contributed by atoms with van der Waals surface area (Å²) in [7, 11) is 0. The Morgan fingerprint density at radius 3 is 2.23 bits per heavy atom. The van der Waals surface area contributed by atoms with E-state index in [1.807, 2.05) is 0 Å². The highest BCUT2D eigenvalue weighted by atomic mass is 16.3. The molecule has 4 aliphatic carbocycles. The Bertz CT molecular complexity index is 636. The quantitative estimate of drug-likeness (QED) is 0.448. The van der Waals surface area contributed by atoms with Crippen molar-refractivity contribution in [1.29, 1.82) is 0 Å². The van der Waals surface area contributed by atoms with Crippen LogP contribution in [0.25, 0.3) is 0 Å². The van der Waals surface area contributed by atoms with Gasteiger partial charge in [0.1, 0.15) is 0 Å². The number of aliphatic hydroxyl groups excluding tert-OH is 1. The van der Waals surface area contributed by atoms with Crippen LogP contribution in [0.5, 0.6) is 0 Å². The van der Waals surface area contributed by atoms with Gasteiger partial charge in [0.05, 0.1) is 0 Å². The Morgan fingerprint density at radius 1 is 0.806 bits per heavy atom. The Hall–Kier alpha value is -0.0400. The lowest BCUT2D eigenvalue weighted by Gasteiger charge is -2.67. The summed E-state index contributed by atoms with van der Waals surface area (Å²) < 4.78 is 0. The molecule has 0 saturated heterocycles. The molecule has 1 nitrogen and oxygen atoms in total. The maximum absolute atomic E-state index is 11.1. The van der Waals surface area contributed by atoms with E-state index in [1.165, 1.54) is 77.0 Å². The normalized spacial score (nSPS) is 47.5. The number of hydrogen-bond acceptors (Lipinski definition) is 1. The van der Waals surface area contributed by atoms with Crippen LogP contribution in [0.4, 0.5) is 0 Å². The summed E-state index contributed by atoms with van der Waals surface area (Å²) in [5.74, 6) is 4.96. The van der Waals surface area contributed by atoms with Crippen LogP contribution in [0, 0.1) is 57.2 Å². The van der Waals surface area contributed by atoms with E-state index in [2.05, 4.69) is 48.5 Å². The van der Waals surface area contributed by atoms with Crippen LogP contribution >= 0.6 is 0 Å². The van der Waals surface area contributed by atoms with Crippen molar-refractivity contribution >= 4 is 0 Å². The maximum Gasteiger partial charge on any atom is 0.0495 e. The summed E-state index contributed by atoms with van der Waals surface area (Å²) >= 11 is 0. The fourth-order valence-corrected chi connectivity index (χ4v) is 10.8. The van der Waals surface area contributed by atoms with Gasteiger partial charge in [0.25, 0.3) is 0 Å². The zero-order valence-electron chi connectivity index (χ0n) is 22.1. The summed E-state index contributed by atoms with van der Waals surface area (Å²) in [5, 5.41) is 11.1. The predicted molar refractivity (Wildman–Crippen MR) is 133 cm³/mol. The summed E-state index contributed by atoms with van der Waals surface area (Å²) in [5.41, 5.74) is 1.57. The second kappa shape index (κ2) is 8.32. The van der Waals surface area contributed by atoms with Crippen LogP contribution in [0.3, 0.4) is 0 Å². The van der Waals surface area contributed by atoms with Gasteiger partial charge < -0.3 is 5.11 Å². The van der Waals surface area contributed by atoms with Crippen LogP contribution in [0.1, 0.15) is 126 Å². The highest BCUT2D eigenvalue weighted by molar-refractivity contribution is 5.16. The summed E-state index contributed by atoms with van der Waals surface area (Å²) in [4.78, 5) is 0. The molecule has 0 aromatic carbocycles. The van der Waals surface area contributed by atoms with Crippen LogP contribution in [0.2, 0.25) is 0 Å². The van der Waals surface area contributed by atoms with Gasteiger partial charge in [-0.1, -0.05) is 74.1 Å². The molecule has 4 rings (SSSR count). The Balaban J connectivity index is 1.59. The first-order chi connectivity index (χ1) is 14.5. The SMILES string of the molecule is CC(C)CCC[C@@H](C)[C@H]1CC[C@@]2(CO)[C@@H]3CC[C@H]4C(C)(C)CCC[C@]4(C)[C@H]3CC[C@]12C. The van der Waals surface area contributed by atoms with E-state index in [0.29, 0.717) is 22.9 Å². The molecule has 8 atom stereocenters. The molecule has 0 unspecified atom stereocenters. The molecule has 0 heterocycles. The van der Waals surface area contributed by atoms with Crippen molar-refractivity contribution < 1.29 is 5.11 Å². The Kier molecular flexibility index (Phi) is 6.47. The molecule has 0 bridgehead atoms. The van der Waals surface area contributed by atoms with Crippen LogP contribution in [0.15, 0.2) is 0 Å².